The topological polar surface area (TPSA) is 50.3 Å². The van der Waals surface area contributed by atoms with Crippen LogP contribution < -0.4 is 9.47 Å². The zero-order valence-corrected chi connectivity index (χ0v) is 23.5. The molecule has 0 radical (unpaired) electrons. The van der Waals surface area contributed by atoms with E-state index in [1.807, 2.05) is 6.92 Å². The molecule has 0 bridgehead atoms. The Kier molecular flexibility index (Phi) is 7.13. The SMILES string of the molecule is CCCCCC[n+]1ccc(/C=C/C2=C3Sc4c(ccc5c(C)cc([N+](=O)[O-])cc45)N3CCC2)c2ccccc21. The molecule has 39 heavy (non-hydrogen) atoms. The van der Waals surface area contributed by atoms with Crippen molar-refractivity contribution in [2.24, 2.45) is 0 Å². The highest BCUT2D eigenvalue weighted by Gasteiger charge is 2.31. The van der Waals surface area contributed by atoms with Gasteiger partial charge in [0, 0.05) is 47.5 Å². The lowest BCUT2D eigenvalue weighted by molar-refractivity contribution is -0.671. The van der Waals surface area contributed by atoms with Crippen molar-refractivity contribution in [2.45, 2.75) is 63.8 Å². The van der Waals surface area contributed by atoms with Crippen LogP contribution in [0.4, 0.5) is 11.4 Å². The Bertz CT molecular complexity index is 1660. The zero-order chi connectivity index (χ0) is 26.9. The number of nitro groups is 1. The molecule has 6 rings (SSSR count). The summed E-state index contributed by atoms with van der Waals surface area (Å²) in [5.74, 6) is 0. The smallest absolute Gasteiger partial charge is 0.270 e. The van der Waals surface area contributed by atoms with Crippen molar-refractivity contribution in [3.63, 3.8) is 0 Å². The molecule has 4 aromatic rings. The molecular weight excluding hydrogens is 502 g/mol. The van der Waals surface area contributed by atoms with Crippen molar-refractivity contribution >= 4 is 50.9 Å². The molecule has 2 aliphatic heterocycles. The molecule has 5 nitrogen and oxygen atoms in total. The Morgan fingerprint density at radius 2 is 1.90 bits per heavy atom. The molecule has 3 aromatic carbocycles. The maximum absolute atomic E-state index is 11.6. The van der Waals surface area contributed by atoms with Gasteiger partial charge in [0.25, 0.3) is 5.69 Å². The first-order chi connectivity index (χ1) is 19.0. The molecule has 0 atom stereocenters. The molecule has 198 valence electrons. The molecule has 0 saturated carbocycles. The number of thioether (sulfide) groups is 1. The average molecular weight is 537 g/mol. The molecule has 0 spiro atoms. The third-order valence-corrected chi connectivity index (χ3v) is 9.29. The number of aryl methyl sites for hydroxylation is 2. The van der Waals surface area contributed by atoms with Crippen LogP contribution in [0.2, 0.25) is 0 Å². The number of non-ortho nitro benzene ring substituents is 1. The maximum atomic E-state index is 11.6. The number of nitro benzene ring substituents is 1. The second-order valence-corrected chi connectivity index (χ2v) is 11.6. The van der Waals surface area contributed by atoms with Gasteiger partial charge in [0.15, 0.2) is 6.20 Å². The number of anilines is 1. The number of hydrogen-bond donors (Lipinski definition) is 0. The first kappa shape index (κ1) is 25.6. The fourth-order valence-corrected chi connectivity index (χ4v) is 7.30. The fraction of sp³-hybridized carbons (Fsp3) is 0.303. The second kappa shape index (κ2) is 10.9. The summed E-state index contributed by atoms with van der Waals surface area (Å²) in [6, 6.07) is 18.7. The lowest BCUT2D eigenvalue weighted by Crippen LogP contribution is -2.34. The summed E-state index contributed by atoms with van der Waals surface area (Å²) in [5, 5.41) is 16.2. The van der Waals surface area contributed by atoms with Crippen molar-refractivity contribution in [3.8, 4) is 0 Å². The van der Waals surface area contributed by atoms with Gasteiger partial charge < -0.3 is 4.90 Å². The molecule has 0 N–H and O–H groups in total. The van der Waals surface area contributed by atoms with Gasteiger partial charge in [-0.1, -0.05) is 61.9 Å². The van der Waals surface area contributed by atoms with Gasteiger partial charge in [-0.05, 0) is 60.4 Å². The Morgan fingerprint density at radius 3 is 2.74 bits per heavy atom. The van der Waals surface area contributed by atoms with Gasteiger partial charge in [-0.25, -0.2) is 0 Å². The Hall–Kier alpha value is -3.64. The van der Waals surface area contributed by atoms with Crippen molar-refractivity contribution in [2.75, 3.05) is 11.4 Å². The summed E-state index contributed by atoms with van der Waals surface area (Å²) >= 11 is 1.77. The van der Waals surface area contributed by atoms with Crippen LogP contribution in [0.15, 0.2) is 82.4 Å². The number of allylic oxidation sites excluding steroid dienone is 2. The van der Waals surface area contributed by atoms with Gasteiger partial charge in [-0.15, -0.1) is 0 Å². The molecule has 1 aromatic heterocycles. The van der Waals surface area contributed by atoms with E-state index in [0.717, 1.165) is 47.2 Å². The van der Waals surface area contributed by atoms with Gasteiger partial charge in [-0.2, -0.15) is 4.57 Å². The van der Waals surface area contributed by atoms with Gasteiger partial charge in [0.1, 0.15) is 6.54 Å². The molecule has 0 saturated heterocycles. The number of unbranched alkanes of at least 4 members (excludes halogenated alkanes) is 3. The number of fused-ring (bicyclic) bond motifs is 6. The van der Waals surface area contributed by atoms with E-state index in [2.05, 4.69) is 77.2 Å². The lowest BCUT2D eigenvalue weighted by atomic mass is 10.0. The minimum Gasteiger partial charge on any atom is -0.335 e. The summed E-state index contributed by atoms with van der Waals surface area (Å²) in [4.78, 5) is 14.8. The Labute approximate surface area is 234 Å². The predicted octanol–water partition coefficient (Wildman–Crippen LogP) is 8.71. The van der Waals surface area contributed by atoms with E-state index >= 15 is 0 Å². The van der Waals surface area contributed by atoms with Gasteiger partial charge >= 0.3 is 0 Å². The van der Waals surface area contributed by atoms with Gasteiger partial charge in [0.2, 0.25) is 5.52 Å². The van der Waals surface area contributed by atoms with Crippen LogP contribution in [0.25, 0.3) is 27.8 Å². The molecule has 2 aliphatic rings. The van der Waals surface area contributed by atoms with E-state index in [0.29, 0.717) is 0 Å². The number of para-hydroxylation sites is 1. The summed E-state index contributed by atoms with van der Waals surface area (Å²) in [6.45, 7) is 6.23. The molecule has 0 amide bonds. The largest absolute Gasteiger partial charge is 0.335 e. The van der Waals surface area contributed by atoms with Crippen LogP contribution in [0.3, 0.4) is 0 Å². The van der Waals surface area contributed by atoms with Crippen molar-refractivity contribution < 1.29 is 9.49 Å². The van der Waals surface area contributed by atoms with Crippen LogP contribution in [0, 0.1) is 17.0 Å². The summed E-state index contributed by atoms with van der Waals surface area (Å²) in [5.41, 5.74) is 6.12. The highest BCUT2D eigenvalue weighted by atomic mass is 32.2. The normalized spacial score (nSPS) is 15.0. The maximum Gasteiger partial charge on any atom is 0.270 e. The number of aromatic nitrogens is 1. The number of pyridine rings is 1. The predicted molar refractivity (Wildman–Crippen MR) is 162 cm³/mol. The van der Waals surface area contributed by atoms with Crippen LogP contribution in [-0.4, -0.2) is 11.5 Å². The van der Waals surface area contributed by atoms with Crippen LogP contribution in [0.5, 0.6) is 0 Å². The van der Waals surface area contributed by atoms with E-state index in [4.69, 9.17) is 0 Å². The molecular formula is C33H34N3O2S+. The number of rotatable bonds is 8. The van der Waals surface area contributed by atoms with Crippen molar-refractivity contribution in [1.29, 1.82) is 0 Å². The fourth-order valence-electron chi connectivity index (χ4n) is 5.95. The quantitative estimate of drug-likeness (QED) is 0.0978. The minimum atomic E-state index is -0.286. The molecule has 0 unspecified atom stereocenters. The van der Waals surface area contributed by atoms with E-state index in [9.17, 15) is 10.1 Å². The van der Waals surface area contributed by atoms with E-state index in [1.54, 1.807) is 23.9 Å². The monoisotopic (exact) mass is 536 g/mol. The standard InChI is InChI=1S/C33H34N3O2S/c1-3-4-5-8-18-34-20-17-24(28-11-6-7-12-30(28)34)13-14-25-10-9-19-35-31-16-15-27-23(2)21-26(36(37)38)22-29(27)32(31)39-33(25)35/h6-7,11-17,20-22H,3-5,8-10,18-19H2,1-2H3/q+1. The average Bonchev–Trinajstić information content (AvgIpc) is 3.34. The van der Waals surface area contributed by atoms with Crippen LogP contribution >= 0.6 is 11.8 Å². The molecule has 0 fully saturated rings. The highest BCUT2D eigenvalue weighted by molar-refractivity contribution is 8.04. The van der Waals surface area contributed by atoms with Gasteiger partial charge in [-0.3, -0.25) is 10.1 Å². The second-order valence-electron chi connectivity index (χ2n) is 10.6. The Balaban J connectivity index is 1.35. The first-order valence-electron chi connectivity index (χ1n) is 14.0. The lowest BCUT2D eigenvalue weighted by Gasteiger charge is -2.27. The minimum absolute atomic E-state index is 0.159. The van der Waals surface area contributed by atoms with Crippen molar-refractivity contribution in [3.05, 3.63) is 98.7 Å². The number of hydrogen-bond acceptors (Lipinski definition) is 4. The highest BCUT2D eigenvalue weighted by Crippen LogP contribution is 2.53. The molecule has 3 heterocycles. The van der Waals surface area contributed by atoms with E-state index in [-0.39, 0.29) is 10.6 Å². The Morgan fingerprint density at radius 1 is 1.03 bits per heavy atom. The summed E-state index contributed by atoms with van der Waals surface area (Å²) < 4.78 is 2.39. The number of benzene rings is 3. The van der Waals surface area contributed by atoms with E-state index in [1.165, 1.54) is 58.4 Å². The number of nitrogens with zero attached hydrogens (tertiary/aromatic N) is 3. The summed E-state index contributed by atoms with van der Waals surface area (Å²) in [6.07, 6.45) is 13.9. The van der Waals surface area contributed by atoms with E-state index < -0.39 is 0 Å². The molecule has 6 heteroatoms. The third-order valence-electron chi connectivity index (χ3n) is 7.98. The zero-order valence-electron chi connectivity index (χ0n) is 22.7. The van der Waals surface area contributed by atoms with Crippen molar-refractivity contribution in [1.82, 2.24) is 0 Å². The van der Waals surface area contributed by atoms with Crippen LogP contribution in [0.1, 0.15) is 56.6 Å². The third kappa shape index (κ3) is 4.82. The molecule has 0 aliphatic carbocycles. The first-order valence-corrected chi connectivity index (χ1v) is 14.9. The van der Waals surface area contributed by atoms with Crippen LogP contribution in [-0.2, 0) is 6.54 Å². The van der Waals surface area contributed by atoms with Gasteiger partial charge in [0.05, 0.1) is 21.0 Å². The summed E-state index contributed by atoms with van der Waals surface area (Å²) in [7, 11) is 0.